The molecular weight excluding hydrogens is 432 g/mol. The number of amides is 1. The summed E-state index contributed by atoms with van der Waals surface area (Å²) in [7, 11) is 0. The summed E-state index contributed by atoms with van der Waals surface area (Å²) in [5.74, 6) is -0.588. The number of hydrogen-bond acceptors (Lipinski definition) is 6. The average Bonchev–Trinajstić information content (AvgIpc) is 3.01. The quantitative estimate of drug-likeness (QED) is 0.371. The van der Waals surface area contributed by atoms with Crippen molar-refractivity contribution in [1.82, 2.24) is 10.3 Å². The Balaban J connectivity index is 2.29. The Morgan fingerprint density at radius 3 is 2.69 bits per heavy atom. The van der Waals surface area contributed by atoms with Crippen LogP contribution in [0.1, 0.15) is 12.5 Å². The molecule has 1 fully saturated rings. The van der Waals surface area contributed by atoms with Gasteiger partial charge in [-0.3, -0.25) is 4.79 Å². The largest absolute Gasteiger partial charge is 0.392 e. The van der Waals surface area contributed by atoms with Gasteiger partial charge >= 0.3 is 0 Å². The molecule has 0 aliphatic carbocycles. The second kappa shape index (κ2) is 6.45. The maximum absolute atomic E-state index is 11.6. The van der Waals surface area contributed by atoms with Crippen molar-refractivity contribution >= 4 is 44.3 Å². The summed E-state index contributed by atoms with van der Waals surface area (Å²) in [4.78, 5) is 14.6. The van der Waals surface area contributed by atoms with Gasteiger partial charge in [0.2, 0.25) is 11.0 Å². The summed E-state index contributed by atoms with van der Waals surface area (Å²) in [5, 5.41) is 42.9. The van der Waals surface area contributed by atoms with Gasteiger partial charge in [0.1, 0.15) is 6.04 Å². The minimum atomic E-state index is -2.67. The zero-order valence-electron chi connectivity index (χ0n) is 13.6. The van der Waals surface area contributed by atoms with Gasteiger partial charge < -0.3 is 35.5 Å². The molecule has 1 aromatic heterocycles. The van der Waals surface area contributed by atoms with Crippen LogP contribution in [0.2, 0.25) is 0 Å². The van der Waals surface area contributed by atoms with Gasteiger partial charge in [-0.25, -0.2) is 0 Å². The zero-order chi connectivity index (χ0) is 19.3. The number of ether oxygens (including phenoxy) is 1. The molecule has 5 unspecified atom stereocenters. The average molecular weight is 450 g/mol. The molecule has 10 heteroatoms. The van der Waals surface area contributed by atoms with Crippen molar-refractivity contribution in [3.63, 3.8) is 0 Å². The number of H-pyrrole nitrogens is 1. The van der Waals surface area contributed by atoms with Crippen molar-refractivity contribution in [3.8, 4) is 0 Å². The molecule has 1 aromatic carbocycles. The fourth-order valence-corrected chi connectivity index (χ4v) is 4.12. The lowest BCUT2D eigenvalue weighted by Gasteiger charge is -2.56. The topological polar surface area (TPSA) is 135 Å². The molecule has 26 heavy (non-hydrogen) atoms. The van der Waals surface area contributed by atoms with Gasteiger partial charge in [0.15, 0.2) is 16.4 Å². The lowest BCUT2D eigenvalue weighted by molar-refractivity contribution is -0.316. The standard InChI is InChI=1S/C16H18BrClN2O6/c1-8(22)20-12-13(23)26-14(17,7-21)16(18,25)15(12,24)10-6-19-11-5-3-2-4-9(10)11/h2-6,12-13,19,21,23-25H,7H2,1H3,(H,20,22). The number of aromatic amines is 1. The first kappa shape index (κ1) is 19.6. The lowest BCUT2D eigenvalue weighted by atomic mass is 9.76. The van der Waals surface area contributed by atoms with E-state index in [1.165, 1.54) is 13.1 Å². The number of aliphatic hydroxyl groups excluding tert-OH is 2. The SMILES string of the molecule is CC(=O)NC1C(O)OC(Br)(CO)C(O)(Cl)C1(O)c1c[nH]c2ccccc12. The molecule has 6 N–H and O–H groups in total. The second-order valence-electron chi connectivity index (χ2n) is 6.21. The Hall–Kier alpha value is -1.20. The monoisotopic (exact) mass is 448 g/mol. The van der Waals surface area contributed by atoms with Crippen LogP contribution in [0.5, 0.6) is 0 Å². The van der Waals surface area contributed by atoms with E-state index in [9.17, 15) is 25.2 Å². The van der Waals surface area contributed by atoms with Crippen LogP contribution >= 0.6 is 27.5 Å². The molecule has 0 saturated carbocycles. The number of carbonyl (C=O) groups is 1. The van der Waals surface area contributed by atoms with Crippen LogP contribution in [0.4, 0.5) is 0 Å². The number of fused-ring (bicyclic) bond motifs is 1. The number of alkyl halides is 2. The van der Waals surface area contributed by atoms with Gasteiger partial charge in [-0.2, -0.15) is 0 Å². The number of rotatable bonds is 3. The molecule has 0 spiro atoms. The molecule has 1 aliphatic rings. The molecule has 142 valence electrons. The first-order chi connectivity index (χ1) is 12.1. The van der Waals surface area contributed by atoms with Crippen LogP contribution in [-0.4, -0.2) is 59.8 Å². The molecule has 1 aliphatic heterocycles. The number of aromatic nitrogens is 1. The Bertz CT molecular complexity index is 845. The number of nitrogens with one attached hydrogen (secondary N) is 2. The number of benzene rings is 1. The maximum Gasteiger partial charge on any atom is 0.217 e. The summed E-state index contributed by atoms with van der Waals surface area (Å²) in [6.07, 6.45) is -0.376. The van der Waals surface area contributed by atoms with E-state index >= 15 is 0 Å². The van der Waals surface area contributed by atoms with Crippen molar-refractivity contribution in [3.05, 3.63) is 36.0 Å². The zero-order valence-corrected chi connectivity index (χ0v) is 16.0. The molecule has 1 saturated heterocycles. The summed E-state index contributed by atoms with van der Waals surface area (Å²) in [6, 6.07) is 5.37. The fraction of sp³-hybridized carbons (Fsp3) is 0.438. The van der Waals surface area contributed by atoms with Crippen molar-refractivity contribution in [2.75, 3.05) is 6.61 Å². The van der Waals surface area contributed by atoms with Gasteiger partial charge in [0.25, 0.3) is 0 Å². The number of aliphatic hydroxyl groups is 4. The summed E-state index contributed by atoms with van der Waals surface area (Å²) >= 11 is 9.30. The van der Waals surface area contributed by atoms with E-state index in [0.29, 0.717) is 10.9 Å². The van der Waals surface area contributed by atoms with Gasteiger partial charge in [0, 0.05) is 29.6 Å². The fourth-order valence-electron chi connectivity index (χ4n) is 3.30. The first-order valence-electron chi connectivity index (χ1n) is 7.71. The lowest BCUT2D eigenvalue weighted by Crippen LogP contribution is -2.77. The van der Waals surface area contributed by atoms with Crippen molar-refractivity contribution in [1.29, 1.82) is 0 Å². The van der Waals surface area contributed by atoms with E-state index in [2.05, 4.69) is 26.2 Å². The van der Waals surface area contributed by atoms with E-state index in [1.807, 2.05) is 0 Å². The predicted molar refractivity (Wildman–Crippen MR) is 96.4 cm³/mol. The van der Waals surface area contributed by atoms with E-state index in [4.69, 9.17) is 16.3 Å². The van der Waals surface area contributed by atoms with Crippen LogP contribution in [-0.2, 0) is 15.1 Å². The highest BCUT2D eigenvalue weighted by atomic mass is 79.9. The molecule has 8 nitrogen and oxygen atoms in total. The highest BCUT2D eigenvalue weighted by molar-refractivity contribution is 9.10. The van der Waals surface area contributed by atoms with Gasteiger partial charge in [-0.1, -0.05) is 29.8 Å². The molecular formula is C16H18BrClN2O6. The molecule has 3 rings (SSSR count). The third-order valence-electron chi connectivity index (χ3n) is 4.60. The third-order valence-corrected chi connectivity index (χ3v) is 6.44. The molecule has 2 heterocycles. The number of para-hydroxylation sites is 1. The van der Waals surface area contributed by atoms with Crippen molar-refractivity contribution in [2.45, 2.75) is 34.4 Å². The Morgan fingerprint density at radius 1 is 1.42 bits per heavy atom. The van der Waals surface area contributed by atoms with Crippen molar-refractivity contribution < 1.29 is 30.0 Å². The van der Waals surface area contributed by atoms with Gasteiger partial charge in [-0.15, -0.1) is 0 Å². The minimum Gasteiger partial charge on any atom is -0.392 e. The van der Waals surface area contributed by atoms with Gasteiger partial charge in [0.05, 0.1) is 6.61 Å². The van der Waals surface area contributed by atoms with E-state index < -0.39 is 40.0 Å². The molecule has 1 amide bonds. The van der Waals surface area contributed by atoms with Gasteiger partial charge in [-0.05, 0) is 22.0 Å². The first-order valence-corrected chi connectivity index (χ1v) is 8.88. The van der Waals surface area contributed by atoms with E-state index in [0.717, 1.165) is 0 Å². The molecule has 0 bridgehead atoms. The van der Waals surface area contributed by atoms with Crippen molar-refractivity contribution in [2.24, 2.45) is 0 Å². The Morgan fingerprint density at radius 2 is 2.08 bits per heavy atom. The van der Waals surface area contributed by atoms with E-state index in [1.54, 1.807) is 24.3 Å². The van der Waals surface area contributed by atoms with E-state index in [-0.39, 0.29) is 5.56 Å². The van der Waals surface area contributed by atoms with Crippen LogP contribution in [0, 0.1) is 0 Å². The van der Waals surface area contributed by atoms with Crippen LogP contribution in [0.15, 0.2) is 30.5 Å². The normalized spacial score (nSPS) is 37.7. The minimum absolute atomic E-state index is 0.115. The van der Waals surface area contributed by atoms with Crippen LogP contribution in [0.3, 0.4) is 0 Å². The molecule has 0 radical (unpaired) electrons. The Labute approximate surface area is 161 Å². The number of carbonyl (C=O) groups excluding carboxylic acids is 1. The second-order valence-corrected chi connectivity index (χ2v) is 8.04. The predicted octanol–water partition coefficient (Wildman–Crippen LogP) is 0.220. The molecule has 5 atom stereocenters. The molecule has 2 aromatic rings. The highest BCUT2D eigenvalue weighted by Crippen LogP contribution is 2.55. The summed E-state index contributed by atoms with van der Waals surface area (Å²) < 4.78 is 3.10. The van der Waals surface area contributed by atoms with Crippen LogP contribution < -0.4 is 5.32 Å². The smallest absolute Gasteiger partial charge is 0.217 e. The Kier molecular flexibility index (Phi) is 4.85. The number of hydrogen-bond donors (Lipinski definition) is 6. The number of halogens is 2. The summed E-state index contributed by atoms with van der Waals surface area (Å²) in [5.41, 5.74) is -1.69. The highest BCUT2D eigenvalue weighted by Gasteiger charge is 2.72. The van der Waals surface area contributed by atoms with Crippen LogP contribution in [0.25, 0.3) is 10.9 Å². The third kappa shape index (κ3) is 2.58. The summed E-state index contributed by atoms with van der Waals surface area (Å²) in [6.45, 7) is 0.305. The maximum atomic E-state index is 11.6.